The number of likely N-dealkylation sites (N-methyl/N-ethyl adjacent to an activating group) is 1. The van der Waals surface area contributed by atoms with Crippen LogP contribution >= 0.6 is 11.6 Å². The van der Waals surface area contributed by atoms with Crippen LogP contribution in [0, 0.1) is 12.3 Å². The highest BCUT2D eigenvalue weighted by molar-refractivity contribution is 6.31. The van der Waals surface area contributed by atoms with E-state index >= 15 is 0 Å². The number of halogens is 1. The maximum atomic E-state index is 12.6. The molecule has 0 bridgehead atoms. The van der Waals surface area contributed by atoms with Gasteiger partial charge in [0.05, 0.1) is 18.1 Å². The highest BCUT2D eigenvalue weighted by Crippen LogP contribution is 2.40. The van der Waals surface area contributed by atoms with Crippen molar-refractivity contribution in [1.29, 1.82) is 0 Å². The lowest BCUT2D eigenvalue weighted by molar-refractivity contribution is -0.154. The van der Waals surface area contributed by atoms with Crippen LogP contribution in [0.5, 0.6) is 0 Å². The van der Waals surface area contributed by atoms with E-state index in [-0.39, 0.29) is 11.8 Å². The quantitative estimate of drug-likeness (QED) is 0.841. The minimum Gasteiger partial charge on any atom is -0.391 e. The summed E-state index contributed by atoms with van der Waals surface area (Å²) in [6, 6.07) is 5.41. The summed E-state index contributed by atoms with van der Waals surface area (Å²) in [6.45, 7) is 3.96. The molecule has 7 heteroatoms. The summed E-state index contributed by atoms with van der Waals surface area (Å²) in [5.41, 5.74) is 1.19. The number of nitrogens with one attached hydrogen (secondary N) is 1. The SMILES string of the molecule is Cc1cc(NC(=O)CN2CCC3(CC2)CC(O)CN(C)C3=O)ccc1Cl. The van der Waals surface area contributed by atoms with Crippen molar-refractivity contribution in [1.82, 2.24) is 9.80 Å². The Hall–Kier alpha value is -1.63. The van der Waals surface area contributed by atoms with Crippen molar-refractivity contribution in [3.63, 3.8) is 0 Å². The van der Waals surface area contributed by atoms with E-state index in [4.69, 9.17) is 11.6 Å². The van der Waals surface area contributed by atoms with Crippen LogP contribution in [0.4, 0.5) is 5.69 Å². The standard InChI is InChI=1S/C19H26ClN3O3/c1-13-9-14(3-4-16(13)20)21-17(25)12-23-7-5-19(6-8-23)10-15(24)11-22(2)18(19)26/h3-4,9,15,24H,5-8,10-12H2,1-2H3,(H,21,25). The highest BCUT2D eigenvalue weighted by atomic mass is 35.5. The van der Waals surface area contributed by atoms with Gasteiger partial charge in [-0.3, -0.25) is 14.5 Å². The number of aliphatic hydroxyl groups excluding tert-OH is 1. The number of benzene rings is 1. The molecule has 1 spiro atoms. The third-order valence-corrected chi connectivity index (χ3v) is 5.96. The lowest BCUT2D eigenvalue weighted by Crippen LogP contribution is -2.56. The van der Waals surface area contributed by atoms with Gasteiger partial charge in [0.25, 0.3) is 0 Å². The molecule has 2 aliphatic rings. The number of hydrogen-bond acceptors (Lipinski definition) is 4. The van der Waals surface area contributed by atoms with Gasteiger partial charge in [-0.2, -0.15) is 0 Å². The second-order valence-corrected chi connectivity index (χ2v) is 8.02. The predicted octanol–water partition coefficient (Wildman–Crippen LogP) is 1.89. The molecular weight excluding hydrogens is 354 g/mol. The zero-order chi connectivity index (χ0) is 18.9. The van der Waals surface area contributed by atoms with Crippen LogP contribution in [-0.4, -0.2) is 66.1 Å². The molecule has 1 aromatic carbocycles. The number of aryl methyl sites for hydroxylation is 1. The topological polar surface area (TPSA) is 72.9 Å². The maximum Gasteiger partial charge on any atom is 0.238 e. The first kappa shape index (κ1) is 19.1. The van der Waals surface area contributed by atoms with E-state index in [9.17, 15) is 14.7 Å². The molecule has 1 unspecified atom stereocenters. The van der Waals surface area contributed by atoms with Crippen molar-refractivity contribution >= 4 is 29.1 Å². The van der Waals surface area contributed by atoms with E-state index in [1.54, 1.807) is 24.1 Å². The monoisotopic (exact) mass is 379 g/mol. The largest absolute Gasteiger partial charge is 0.391 e. The molecule has 0 radical (unpaired) electrons. The van der Waals surface area contributed by atoms with Crippen LogP contribution in [0.2, 0.25) is 5.02 Å². The van der Waals surface area contributed by atoms with Gasteiger partial charge in [0.1, 0.15) is 0 Å². The summed E-state index contributed by atoms with van der Waals surface area (Å²) in [4.78, 5) is 28.6. The van der Waals surface area contributed by atoms with Gasteiger partial charge in [-0.25, -0.2) is 0 Å². The fourth-order valence-corrected chi connectivity index (χ4v) is 4.21. The molecule has 2 fully saturated rings. The molecule has 1 atom stereocenters. The summed E-state index contributed by atoms with van der Waals surface area (Å²) < 4.78 is 0. The third kappa shape index (κ3) is 4.03. The molecule has 6 nitrogen and oxygen atoms in total. The first-order valence-electron chi connectivity index (χ1n) is 9.01. The van der Waals surface area contributed by atoms with Crippen LogP contribution in [0.15, 0.2) is 18.2 Å². The Morgan fingerprint density at radius 2 is 2.08 bits per heavy atom. The molecule has 0 saturated carbocycles. The van der Waals surface area contributed by atoms with Gasteiger partial charge in [-0.05, 0) is 63.0 Å². The van der Waals surface area contributed by atoms with E-state index in [1.165, 1.54) is 0 Å². The number of carbonyl (C=O) groups excluding carboxylic acids is 2. The molecule has 2 saturated heterocycles. The highest BCUT2D eigenvalue weighted by Gasteiger charge is 2.47. The Kier molecular flexibility index (Phi) is 5.55. The third-order valence-electron chi connectivity index (χ3n) is 5.53. The van der Waals surface area contributed by atoms with Crippen LogP contribution in [0.25, 0.3) is 0 Å². The number of amides is 2. The number of β-amino-alcohol motifs (C(OH)–C–C–N with tert-alkyl or cyclic N) is 1. The molecule has 2 amide bonds. The lowest BCUT2D eigenvalue weighted by Gasteiger charge is -2.46. The van der Waals surface area contributed by atoms with Crippen molar-refractivity contribution in [2.45, 2.75) is 32.3 Å². The van der Waals surface area contributed by atoms with E-state index in [1.807, 2.05) is 13.0 Å². The molecule has 3 rings (SSSR count). The van der Waals surface area contributed by atoms with Crippen molar-refractivity contribution in [3.8, 4) is 0 Å². The van der Waals surface area contributed by atoms with Crippen LogP contribution in [0.3, 0.4) is 0 Å². The molecule has 0 aliphatic carbocycles. The van der Waals surface area contributed by atoms with Gasteiger partial charge < -0.3 is 15.3 Å². The summed E-state index contributed by atoms with van der Waals surface area (Å²) in [5.74, 6) is 0.0540. The van der Waals surface area contributed by atoms with Crippen molar-refractivity contribution < 1.29 is 14.7 Å². The Morgan fingerprint density at radius 3 is 2.73 bits per heavy atom. The second kappa shape index (κ2) is 7.55. The van der Waals surface area contributed by atoms with Crippen molar-refractivity contribution in [3.05, 3.63) is 28.8 Å². The minimum absolute atomic E-state index is 0.0743. The number of anilines is 1. The van der Waals surface area contributed by atoms with Gasteiger partial charge >= 0.3 is 0 Å². The molecule has 142 valence electrons. The fraction of sp³-hybridized carbons (Fsp3) is 0.579. The van der Waals surface area contributed by atoms with E-state index in [2.05, 4.69) is 10.2 Å². The normalized spacial score (nSPS) is 23.3. The molecule has 2 aliphatic heterocycles. The Balaban J connectivity index is 1.54. The Bertz CT molecular complexity index is 701. The van der Waals surface area contributed by atoms with E-state index in [0.717, 1.165) is 11.3 Å². The van der Waals surface area contributed by atoms with Gasteiger partial charge in [0, 0.05) is 24.3 Å². The first-order valence-corrected chi connectivity index (χ1v) is 9.39. The zero-order valence-corrected chi connectivity index (χ0v) is 16.1. The number of likely N-dealkylation sites (tertiary alicyclic amines) is 2. The van der Waals surface area contributed by atoms with E-state index in [0.29, 0.717) is 50.5 Å². The molecule has 2 heterocycles. The molecule has 2 N–H and O–H groups in total. The average Bonchev–Trinajstić information content (AvgIpc) is 2.58. The van der Waals surface area contributed by atoms with Crippen LogP contribution in [-0.2, 0) is 9.59 Å². The zero-order valence-electron chi connectivity index (χ0n) is 15.3. The lowest BCUT2D eigenvalue weighted by atomic mass is 9.71. The smallest absolute Gasteiger partial charge is 0.238 e. The number of hydrogen-bond donors (Lipinski definition) is 2. The summed E-state index contributed by atoms with van der Waals surface area (Å²) >= 11 is 6.01. The predicted molar refractivity (Wildman–Crippen MR) is 101 cm³/mol. The number of piperidine rings is 2. The van der Waals surface area contributed by atoms with Gasteiger partial charge in [-0.1, -0.05) is 11.6 Å². The summed E-state index contributed by atoms with van der Waals surface area (Å²) in [5, 5.41) is 13.6. The van der Waals surface area contributed by atoms with Gasteiger partial charge in [0.2, 0.25) is 11.8 Å². The average molecular weight is 380 g/mol. The molecule has 26 heavy (non-hydrogen) atoms. The van der Waals surface area contributed by atoms with E-state index < -0.39 is 11.5 Å². The number of rotatable bonds is 3. The van der Waals surface area contributed by atoms with Crippen LogP contribution < -0.4 is 5.32 Å². The second-order valence-electron chi connectivity index (χ2n) is 7.61. The maximum absolute atomic E-state index is 12.6. The molecular formula is C19H26ClN3O3. The Labute approximate surface area is 159 Å². The summed E-state index contributed by atoms with van der Waals surface area (Å²) in [7, 11) is 1.75. The molecule has 0 aromatic heterocycles. The van der Waals surface area contributed by atoms with Gasteiger partial charge in [0.15, 0.2) is 0 Å². The summed E-state index contributed by atoms with van der Waals surface area (Å²) in [6.07, 6.45) is 1.43. The fourth-order valence-electron chi connectivity index (χ4n) is 4.09. The van der Waals surface area contributed by atoms with Crippen LogP contribution in [0.1, 0.15) is 24.8 Å². The Morgan fingerprint density at radius 1 is 1.38 bits per heavy atom. The molecule has 1 aromatic rings. The van der Waals surface area contributed by atoms with Gasteiger partial charge in [-0.15, -0.1) is 0 Å². The number of carbonyl (C=O) groups is 2. The van der Waals surface area contributed by atoms with Crippen molar-refractivity contribution in [2.75, 3.05) is 38.5 Å². The van der Waals surface area contributed by atoms with Crippen molar-refractivity contribution in [2.24, 2.45) is 5.41 Å². The number of aliphatic hydroxyl groups is 1. The number of nitrogens with zero attached hydrogens (tertiary/aromatic N) is 2. The minimum atomic E-state index is -0.466. The first-order chi connectivity index (χ1) is 12.3.